The highest BCUT2D eigenvalue weighted by Crippen LogP contribution is 2.42. The molecule has 138 valence electrons. The Morgan fingerprint density at radius 2 is 2.31 bits per heavy atom. The van der Waals surface area contributed by atoms with Crippen LogP contribution in [0.25, 0.3) is 0 Å². The first-order valence-corrected chi connectivity index (χ1v) is 9.84. The number of nitrogens with one attached hydrogen (secondary N) is 1. The third-order valence-electron chi connectivity index (χ3n) is 5.37. The maximum atomic E-state index is 12.1. The first kappa shape index (κ1) is 17.5. The van der Waals surface area contributed by atoms with E-state index < -0.39 is 0 Å². The quantitative estimate of drug-likeness (QED) is 0.829. The summed E-state index contributed by atoms with van der Waals surface area (Å²) < 4.78 is 6.12. The summed E-state index contributed by atoms with van der Waals surface area (Å²) in [5.74, 6) is 0.324. The third kappa shape index (κ3) is 3.49. The minimum absolute atomic E-state index is 0.0319. The third-order valence-corrected chi connectivity index (χ3v) is 6.29. The summed E-state index contributed by atoms with van der Waals surface area (Å²) in [5.41, 5.74) is 3.37. The average Bonchev–Trinajstić information content (AvgIpc) is 3.22. The number of ether oxygens (including phenoxy) is 1. The van der Waals surface area contributed by atoms with Crippen LogP contribution < -0.4 is 5.32 Å². The number of rotatable bonds is 6. The van der Waals surface area contributed by atoms with E-state index in [2.05, 4.69) is 32.1 Å². The van der Waals surface area contributed by atoms with Crippen molar-refractivity contribution in [1.82, 2.24) is 25.2 Å². The Labute approximate surface area is 156 Å². The van der Waals surface area contributed by atoms with Gasteiger partial charge in [0.15, 0.2) is 0 Å². The van der Waals surface area contributed by atoms with Gasteiger partial charge in [-0.2, -0.15) is 0 Å². The molecule has 0 radical (unpaired) electrons. The minimum atomic E-state index is -0.165. The summed E-state index contributed by atoms with van der Waals surface area (Å²) in [6.07, 6.45) is 6.57. The molecule has 0 unspecified atom stereocenters. The molecule has 8 heteroatoms. The number of carbonyl (C=O) groups is 1. The Kier molecular flexibility index (Phi) is 4.97. The number of thiazole rings is 1. The van der Waals surface area contributed by atoms with Gasteiger partial charge in [-0.05, 0) is 25.7 Å². The van der Waals surface area contributed by atoms with E-state index in [0.717, 1.165) is 44.8 Å². The smallest absolute Gasteiger partial charge is 0.271 e. The van der Waals surface area contributed by atoms with Gasteiger partial charge in [0.25, 0.3) is 5.91 Å². The first-order chi connectivity index (χ1) is 12.7. The molecule has 2 aromatic heterocycles. The molecular formula is C18H23N5O2S. The fourth-order valence-electron chi connectivity index (χ4n) is 3.91. The van der Waals surface area contributed by atoms with E-state index in [0.29, 0.717) is 18.2 Å². The van der Waals surface area contributed by atoms with E-state index in [1.807, 2.05) is 5.51 Å². The molecule has 0 bridgehead atoms. The standard InChI is InChI=1S/C18H23N5O2S/c1-13-16(26-12-22-13)9-23-10-18(11-23)14(3-7-25-18)2-4-21-17(24)15-8-19-5-6-20-15/h5-6,8,12,14H,2-4,7,9-11H2,1H3,(H,21,24)/t14-/m1/s1. The predicted molar refractivity (Wildman–Crippen MR) is 97.9 cm³/mol. The van der Waals surface area contributed by atoms with Crippen molar-refractivity contribution in [2.24, 2.45) is 5.92 Å². The molecule has 1 N–H and O–H groups in total. The van der Waals surface area contributed by atoms with Gasteiger partial charge in [0.05, 0.1) is 23.0 Å². The van der Waals surface area contributed by atoms with Crippen LogP contribution in [0.5, 0.6) is 0 Å². The summed E-state index contributed by atoms with van der Waals surface area (Å²) in [6.45, 7) is 6.41. The van der Waals surface area contributed by atoms with Gasteiger partial charge in [0.1, 0.15) is 5.69 Å². The van der Waals surface area contributed by atoms with Crippen molar-refractivity contribution in [1.29, 1.82) is 0 Å². The fourth-order valence-corrected chi connectivity index (χ4v) is 4.73. The Bertz CT molecular complexity index is 760. The fraction of sp³-hybridized carbons (Fsp3) is 0.556. The predicted octanol–water partition coefficient (Wildman–Crippen LogP) is 1.65. The van der Waals surface area contributed by atoms with Gasteiger partial charge >= 0.3 is 0 Å². The summed E-state index contributed by atoms with van der Waals surface area (Å²) in [7, 11) is 0. The lowest BCUT2D eigenvalue weighted by Crippen LogP contribution is -2.64. The SMILES string of the molecule is Cc1ncsc1CN1CC2(C1)OCC[C@H]2CCNC(=O)c1cnccn1. The molecular weight excluding hydrogens is 350 g/mol. The largest absolute Gasteiger partial charge is 0.372 e. The molecule has 1 atom stereocenters. The van der Waals surface area contributed by atoms with Gasteiger partial charge < -0.3 is 10.1 Å². The van der Waals surface area contributed by atoms with Crippen LogP contribution in [-0.4, -0.2) is 57.6 Å². The monoisotopic (exact) mass is 373 g/mol. The number of aryl methyl sites for hydroxylation is 1. The van der Waals surface area contributed by atoms with E-state index in [1.54, 1.807) is 17.5 Å². The lowest BCUT2D eigenvalue weighted by atomic mass is 9.79. The number of hydrogen-bond donors (Lipinski definition) is 1. The second kappa shape index (κ2) is 7.38. The van der Waals surface area contributed by atoms with Crippen LogP contribution in [0.4, 0.5) is 0 Å². The van der Waals surface area contributed by atoms with Crippen LogP contribution in [0.1, 0.15) is 33.9 Å². The topological polar surface area (TPSA) is 80.2 Å². The van der Waals surface area contributed by atoms with Crippen molar-refractivity contribution in [3.63, 3.8) is 0 Å². The van der Waals surface area contributed by atoms with Crippen molar-refractivity contribution in [3.8, 4) is 0 Å². The summed E-state index contributed by atoms with van der Waals surface area (Å²) in [4.78, 5) is 28.1. The highest BCUT2D eigenvalue weighted by Gasteiger charge is 2.52. The second-order valence-corrected chi connectivity index (χ2v) is 7.98. The van der Waals surface area contributed by atoms with Crippen LogP contribution in [0, 0.1) is 12.8 Å². The minimum Gasteiger partial charge on any atom is -0.372 e. The zero-order valence-corrected chi connectivity index (χ0v) is 15.7. The van der Waals surface area contributed by atoms with Crippen molar-refractivity contribution in [3.05, 3.63) is 40.4 Å². The maximum absolute atomic E-state index is 12.1. The van der Waals surface area contributed by atoms with Crippen LogP contribution in [-0.2, 0) is 11.3 Å². The van der Waals surface area contributed by atoms with Crippen molar-refractivity contribution >= 4 is 17.2 Å². The molecule has 0 saturated carbocycles. The number of amides is 1. The molecule has 4 rings (SSSR count). The summed E-state index contributed by atoms with van der Waals surface area (Å²) >= 11 is 1.72. The first-order valence-electron chi connectivity index (χ1n) is 8.96. The van der Waals surface area contributed by atoms with Crippen LogP contribution in [0.3, 0.4) is 0 Å². The van der Waals surface area contributed by atoms with Gasteiger partial charge in [0.2, 0.25) is 0 Å². The Hall–Kier alpha value is -1.90. The van der Waals surface area contributed by atoms with Crippen molar-refractivity contribution in [2.75, 3.05) is 26.2 Å². The molecule has 0 aliphatic carbocycles. The van der Waals surface area contributed by atoms with E-state index in [1.165, 1.54) is 17.3 Å². The molecule has 2 saturated heterocycles. The molecule has 2 aliphatic heterocycles. The van der Waals surface area contributed by atoms with Gasteiger partial charge in [-0.3, -0.25) is 14.7 Å². The summed E-state index contributed by atoms with van der Waals surface area (Å²) in [6, 6.07) is 0. The molecule has 7 nitrogen and oxygen atoms in total. The zero-order valence-electron chi connectivity index (χ0n) is 14.9. The Balaban J connectivity index is 1.26. The lowest BCUT2D eigenvalue weighted by molar-refractivity contribution is -0.136. The molecule has 2 aromatic rings. The highest BCUT2D eigenvalue weighted by molar-refractivity contribution is 7.09. The molecule has 26 heavy (non-hydrogen) atoms. The zero-order chi connectivity index (χ0) is 18.0. The Morgan fingerprint density at radius 1 is 1.42 bits per heavy atom. The van der Waals surface area contributed by atoms with Gasteiger partial charge in [-0.25, -0.2) is 9.97 Å². The van der Waals surface area contributed by atoms with E-state index in [-0.39, 0.29) is 11.5 Å². The highest BCUT2D eigenvalue weighted by atomic mass is 32.1. The number of nitrogens with zero attached hydrogens (tertiary/aromatic N) is 4. The number of carbonyl (C=O) groups excluding carboxylic acids is 1. The molecule has 4 heterocycles. The average molecular weight is 373 g/mol. The molecule has 0 aromatic carbocycles. The Morgan fingerprint density at radius 3 is 3.04 bits per heavy atom. The number of likely N-dealkylation sites (tertiary alicyclic amines) is 1. The molecule has 1 spiro atoms. The molecule has 2 fully saturated rings. The van der Waals surface area contributed by atoms with E-state index in [9.17, 15) is 4.79 Å². The van der Waals surface area contributed by atoms with Crippen LogP contribution in [0.2, 0.25) is 0 Å². The van der Waals surface area contributed by atoms with Crippen molar-refractivity contribution < 1.29 is 9.53 Å². The van der Waals surface area contributed by atoms with Crippen LogP contribution >= 0.6 is 11.3 Å². The van der Waals surface area contributed by atoms with Gasteiger partial charge in [-0.1, -0.05) is 0 Å². The lowest BCUT2D eigenvalue weighted by Gasteiger charge is -2.50. The summed E-state index contributed by atoms with van der Waals surface area (Å²) in [5, 5.41) is 2.95. The molecule has 2 aliphatic rings. The second-order valence-electron chi connectivity index (χ2n) is 7.04. The van der Waals surface area contributed by atoms with Gasteiger partial charge in [-0.15, -0.1) is 11.3 Å². The maximum Gasteiger partial charge on any atom is 0.271 e. The number of hydrogen-bond acceptors (Lipinski definition) is 7. The molecule has 1 amide bonds. The van der Waals surface area contributed by atoms with E-state index in [4.69, 9.17) is 4.74 Å². The normalized spacial score (nSPS) is 21.7. The van der Waals surface area contributed by atoms with Gasteiger partial charge in [0, 0.05) is 50.1 Å². The van der Waals surface area contributed by atoms with Crippen LogP contribution in [0.15, 0.2) is 24.1 Å². The van der Waals surface area contributed by atoms with Crippen molar-refractivity contribution in [2.45, 2.75) is 31.9 Å². The van der Waals surface area contributed by atoms with E-state index >= 15 is 0 Å². The number of aromatic nitrogens is 3.